The number of phenols is 1. The van der Waals surface area contributed by atoms with Crippen LogP contribution in [0.4, 0.5) is 5.95 Å². The minimum Gasteiger partial charge on any atom is -0.508 e. The van der Waals surface area contributed by atoms with E-state index in [9.17, 15) is 9.90 Å². The first-order valence-corrected chi connectivity index (χ1v) is 7.02. The lowest BCUT2D eigenvalue weighted by Crippen LogP contribution is -2.37. The molecule has 7 nitrogen and oxygen atoms in total. The molecule has 1 aliphatic rings. The number of hydrogen-bond acceptors (Lipinski definition) is 6. The normalized spacial score (nSPS) is 20.2. The van der Waals surface area contributed by atoms with Crippen molar-refractivity contribution >= 4 is 17.6 Å². The number of aromatic hydroxyl groups is 1. The molecule has 0 saturated carbocycles. The van der Waals surface area contributed by atoms with Gasteiger partial charge in [0.2, 0.25) is 5.95 Å². The number of carbonyl (C=O) groups is 1. The summed E-state index contributed by atoms with van der Waals surface area (Å²) in [5.74, 6) is -0.297. The molecule has 2 atom stereocenters. The SMILES string of the molecule is CCOC(=O)C1C(C)=Nc2ncnn2C1c1ccc(O)cc1. The average Bonchev–Trinajstić information content (AvgIpc) is 2.94. The highest BCUT2D eigenvalue weighted by molar-refractivity contribution is 6.03. The molecule has 22 heavy (non-hydrogen) atoms. The van der Waals surface area contributed by atoms with Crippen LogP contribution in [0.3, 0.4) is 0 Å². The first-order chi connectivity index (χ1) is 10.6. The second kappa shape index (κ2) is 5.59. The Morgan fingerprint density at radius 2 is 2.09 bits per heavy atom. The highest BCUT2D eigenvalue weighted by Crippen LogP contribution is 2.35. The quantitative estimate of drug-likeness (QED) is 0.874. The predicted molar refractivity (Wildman–Crippen MR) is 79.2 cm³/mol. The van der Waals surface area contributed by atoms with Crippen molar-refractivity contribution in [3.05, 3.63) is 36.2 Å². The summed E-state index contributed by atoms with van der Waals surface area (Å²) in [7, 11) is 0. The summed E-state index contributed by atoms with van der Waals surface area (Å²) in [6, 6.07) is 6.28. The van der Waals surface area contributed by atoms with Crippen LogP contribution in [0.1, 0.15) is 25.5 Å². The van der Waals surface area contributed by atoms with Crippen LogP contribution in [-0.4, -0.2) is 38.2 Å². The Balaban J connectivity index is 2.10. The summed E-state index contributed by atoms with van der Waals surface area (Å²) in [5, 5.41) is 13.7. The minimum absolute atomic E-state index is 0.163. The van der Waals surface area contributed by atoms with Crippen molar-refractivity contribution in [3.63, 3.8) is 0 Å². The van der Waals surface area contributed by atoms with Crippen LogP contribution in [0.25, 0.3) is 0 Å². The summed E-state index contributed by atoms with van der Waals surface area (Å²) in [4.78, 5) is 20.8. The molecule has 0 saturated heterocycles. The molecular weight excluding hydrogens is 284 g/mol. The number of esters is 1. The number of hydrogen-bond donors (Lipinski definition) is 1. The highest BCUT2D eigenvalue weighted by atomic mass is 16.5. The van der Waals surface area contributed by atoms with E-state index in [-0.39, 0.29) is 11.7 Å². The minimum atomic E-state index is -0.571. The standard InChI is InChI=1S/C15H16N4O3/c1-3-22-14(21)12-9(2)18-15-16-8-17-19(15)13(12)10-4-6-11(20)7-5-10/h4-8,12-13,20H,3H2,1-2H3. The van der Waals surface area contributed by atoms with Crippen LogP contribution in [0, 0.1) is 5.92 Å². The van der Waals surface area contributed by atoms with Gasteiger partial charge in [-0.25, -0.2) is 9.67 Å². The average molecular weight is 300 g/mol. The van der Waals surface area contributed by atoms with Crippen molar-refractivity contribution in [1.82, 2.24) is 14.8 Å². The molecule has 2 aromatic rings. The second-order valence-electron chi connectivity index (χ2n) is 5.02. The molecule has 0 spiro atoms. The van der Waals surface area contributed by atoms with E-state index in [1.54, 1.807) is 42.8 Å². The molecule has 2 unspecified atom stereocenters. The molecule has 1 aromatic carbocycles. The van der Waals surface area contributed by atoms with Gasteiger partial charge in [0, 0.05) is 5.71 Å². The zero-order valence-electron chi connectivity index (χ0n) is 12.3. The van der Waals surface area contributed by atoms with Crippen LogP contribution in [0.2, 0.25) is 0 Å². The van der Waals surface area contributed by atoms with Crippen LogP contribution in [0.15, 0.2) is 35.6 Å². The first-order valence-electron chi connectivity index (χ1n) is 7.02. The van der Waals surface area contributed by atoms with Gasteiger partial charge in [-0.2, -0.15) is 10.1 Å². The van der Waals surface area contributed by atoms with Crippen molar-refractivity contribution in [2.45, 2.75) is 19.9 Å². The molecule has 3 rings (SSSR count). The second-order valence-corrected chi connectivity index (χ2v) is 5.02. The van der Waals surface area contributed by atoms with E-state index < -0.39 is 12.0 Å². The topological polar surface area (TPSA) is 89.6 Å². The molecule has 114 valence electrons. The molecule has 1 aliphatic heterocycles. The van der Waals surface area contributed by atoms with Crippen molar-refractivity contribution in [3.8, 4) is 5.75 Å². The maximum atomic E-state index is 12.4. The lowest BCUT2D eigenvalue weighted by Gasteiger charge is -2.29. The van der Waals surface area contributed by atoms with Crippen molar-refractivity contribution in [1.29, 1.82) is 0 Å². The largest absolute Gasteiger partial charge is 0.508 e. The number of nitrogens with zero attached hydrogens (tertiary/aromatic N) is 4. The lowest BCUT2D eigenvalue weighted by atomic mass is 9.88. The van der Waals surface area contributed by atoms with Crippen LogP contribution in [-0.2, 0) is 9.53 Å². The van der Waals surface area contributed by atoms with Gasteiger partial charge in [-0.1, -0.05) is 12.1 Å². The predicted octanol–water partition coefficient (Wildman–Crippen LogP) is 1.86. The van der Waals surface area contributed by atoms with Crippen molar-refractivity contribution < 1.29 is 14.6 Å². The third-order valence-corrected chi connectivity index (χ3v) is 3.63. The molecule has 7 heteroatoms. The number of rotatable bonds is 3. The molecule has 1 N–H and O–H groups in total. The number of phenolic OH excluding ortho intramolecular Hbond substituents is 1. The molecule has 0 amide bonds. The highest BCUT2D eigenvalue weighted by Gasteiger charge is 2.39. The molecule has 0 fully saturated rings. The van der Waals surface area contributed by atoms with Gasteiger partial charge in [0.25, 0.3) is 0 Å². The van der Waals surface area contributed by atoms with Crippen LogP contribution >= 0.6 is 0 Å². The Kier molecular flexibility index (Phi) is 3.62. The molecule has 0 bridgehead atoms. The molecule has 0 aliphatic carbocycles. The fraction of sp³-hybridized carbons (Fsp3) is 0.333. The number of ether oxygens (including phenoxy) is 1. The van der Waals surface area contributed by atoms with Gasteiger partial charge in [-0.05, 0) is 31.5 Å². The fourth-order valence-corrected chi connectivity index (χ4v) is 2.65. The summed E-state index contributed by atoms with van der Waals surface area (Å²) < 4.78 is 6.80. The van der Waals surface area contributed by atoms with Gasteiger partial charge in [-0.3, -0.25) is 4.79 Å². The molecule has 2 heterocycles. The summed E-state index contributed by atoms with van der Waals surface area (Å²) in [6.45, 7) is 3.85. The third kappa shape index (κ3) is 2.34. The Bertz CT molecular complexity index is 721. The molecule has 1 aromatic heterocycles. The van der Waals surface area contributed by atoms with Crippen LogP contribution < -0.4 is 0 Å². The summed E-state index contributed by atoms with van der Waals surface area (Å²) in [6.07, 6.45) is 1.41. The first kappa shape index (κ1) is 14.2. The zero-order chi connectivity index (χ0) is 15.7. The number of aromatic nitrogens is 3. The van der Waals surface area contributed by atoms with Gasteiger partial charge in [-0.15, -0.1) is 0 Å². The van der Waals surface area contributed by atoms with E-state index in [0.29, 0.717) is 18.3 Å². The van der Waals surface area contributed by atoms with Gasteiger partial charge in [0.15, 0.2) is 0 Å². The van der Waals surface area contributed by atoms with E-state index in [1.165, 1.54) is 6.33 Å². The number of fused-ring (bicyclic) bond motifs is 1. The zero-order valence-corrected chi connectivity index (χ0v) is 12.3. The van der Waals surface area contributed by atoms with E-state index in [4.69, 9.17) is 4.74 Å². The Morgan fingerprint density at radius 1 is 1.36 bits per heavy atom. The fourth-order valence-electron chi connectivity index (χ4n) is 2.65. The van der Waals surface area contributed by atoms with E-state index >= 15 is 0 Å². The summed E-state index contributed by atoms with van der Waals surface area (Å²) in [5.41, 5.74) is 1.47. The monoisotopic (exact) mass is 300 g/mol. The van der Waals surface area contributed by atoms with E-state index in [0.717, 1.165) is 5.56 Å². The van der Waals surface area contributed by atoms with E-state index in [1.807, 2.05) is 0 Å². The summed E-state index contributed by atoms with van der Waals surface area (Å²) >= 11 is 0. The Morgan fingerprint density at radius 3 is 2.77 bits per heavy atom. The van der Waals surface area contributed by atoms with Crippen molar-refractivity contribution in [2.75, 3.05) is 6.61 Å². The third-order valence-electron chi connectivity index (χ3n) is 3.63. The smallest absolute Gasteiger partial charge is 0.317 e. The number of benzene rings is 1. The Hall–Kier alpha value is -2.70. The van der Waals surface area contributed by atoms with Gasteiger partial charge >= 0.3 is 5.97 Å². The van der Waals surface area contributed by atoms with Crippen LogP contribution in [0.5, 0.6) is 5.75 Å². The van der Waals surface area contributed by atoms with E-state index in [2.05, 4.69) is 15.1 Å². The molecule has 0 radical (unpaired) electrons. The number of aliphatic imine (C=N–C) groups is 1. The van der Waals surface area contributed by atoms with Gasteiger partial charge in [0.1, 0.15) is 18.0 Å². The van der Waals surface area contributed by atoms with Gasteiger partial charge in [0.05, 0.1) is 12.6 Å². The molecular formula is C15H16N4O3. The van der Waals surface area contributed by atoms with Gasteiger partial charge < -0.3 is 9.84 Å². The lowest BCUT2D eigenvalue weighted by molar-refractivity contribution is -0.146. The maximum Gasteiger partial charge on any atom is 0.317 e. The number of carbonyl (C=O) groups excluding carboxylic acids is 1. The Labute approximate surface area is 127 Å². The van der Waals surface area contributed by atoms with Crippen molar-refractivity contribution in [2.24, 2.45) is 10.9 Å². The maximum absolute atomic E-state index is 12.4.